The Morgan fingerprint density at radius 1 is 1.24 bits per heavy atom. The lowest BCUT2D eigenvalue weighted by Crippen LogP contribution is -2.44. The van der Waals surface area contributed by atoms with Gasteiger partial charge in [-0.1, -0.05) is 36.8 Å². The Balaban J connectivity index is 2.12. The summed E-state index contributed by atoms with van der Waals surface area (Å²) in [7, 11) is 0. The van der Waals surface area contributed by atoms with Crippen LogP contribution in [-0.2, 0) is 4.79 Å². The summed E-state index contributed by atoms with van der Waals surface area (Å²) in [6.45, 7) is 10.3. The lowest BCUT2D eigenvalue weighted by Gasteiger charge is -2.28. The summed E-state index contributed by atoms with van der Waals surface area (Å²) in [4.78, 5) is 28.5. The Hall–Kier alpha value is -1.69. The third kappa shape index (κ3) is 4.69. The molecule has 1 aliphatic rings. The zero-order chi connectivity index (χ0) is 18.4. The van der Waals surface area contributed by atoms with E-state index in [0.717, 1.165) is 12.0 Å². The molecule has 0 radical (unpaired) electrons. The number of urea groups is 1. The maximum absolute atomic E-state index is 12.8. The Labute approximate surface area is 155 Å². The highest BCUT2D eigenvalue weighted by Gasteiger charge is 2.39. The number of nitrogens with one attached hydrogen (secondary N) is 1. The molecule has 2 rings (SSSR count). The van der Waals surface area contributed by atoms with E-state index in [1.165, 1.54) is 5.56 Å². The minimum Gasteiger partial charge on any atom is -0.338 e. The van der Waals surface area contributed by atoms with Gasteiger partial charge in [0.05, 0.1) is 5.25 Å². The van der Waals surface area contributed by atoms with Crippen molar-refractivity contribution in [2.24, 2.45) is 0 Å². The van der Waals surface area contributed by atoms with Gasteiger partial charge in [-0.15, -0.1) is 11.8 Å². The summed E-state index contributed by atoms with van der Waals surface area (Å²) in [6.07, 6.45) is 0.830. The van der Waals surface area contributed by atoms with Gasteiger partial charge in [0.2, 0.25) is 5.91 Å². The van der Waals surface area contributed by atoms with Crippen LogP contribution in [0, 0.1) is 6.92 Å². The van der Waals surface area contributed by atoms with Gasteiger partial charge >= 0.3 is 6.03 Å². The molecule has 6 heteroatoms. The van der Waals surface area contributed by atoms with E-state index < -0.39 is 0 Å². The van der Waals surface area contributed by atoms with Crippen LogP contribution in [0.5, 0.6) is 0 Å². The number of hydrogen-bond acceptors (Lipinski definition) is 3. The molecule has 0 aromatic heterocycles. The van der Waals surface area contributed by atoms with Gasteiger partial charge in [-0.05, 0) is 32.8 Å². The molecule has 0 saturated carbocycles. The molecule has 138 valence electrons. The van der Waals surface area contributed by atoms with E-state index in [1.54, 1.807) is 16.7 Å². The van der Waals surface area contributed by atoms with Crippen molar-refractivity contribution in [2.75, 3.05) is 26.2 Å². The standard InChI is InChI=1S/C19H29N3O2S/c1-5-16-17(23)22(13-12-21(7-3)19(24)20-6-2)18(25-16)15-10-8-14(4)9-11-15/h8-11,16,18H,5-7,12-13H2,1-4H3,(H,20,24). The fraction of sp³-hybridized carbons (Fsp3) is 0.579. The SMILES string of the molecule is CCNC(=O)N(CC)CCN1C(=O)C(CC)SC1c1ccc(C)cc1. The Morgan fingerprint density at radius 3 is 2.48 bits per heavy atom. The predicted molar refractivity (Wildman–Crippen MR) is 104 cm³/mol. The minimum atomic E-state index is -0.0665. The van der Waals surface area contributed by atoms with Gasteiger partial charge in [-0.2, -0.15) is 0 Å². The molecule has 1 aromatic carbocycles. The number of aryl methyl sites for hydroxylation is 1. The molecule has 2 unspecified atom stereocenters. The first-order chi connectivity index (χ1) is 12.0. The monoisotopic (exact) mass is 363 g/mol. The molecule has 25 heavy (non-hydrogen) atoms. The number of nitrogens with zero attached hydrogens (tertiary/aromatic N) is 2. The maximum Gasteiger partial charge on any atom is 0.317 e. The smallest absolute Gasteiger partial charge is 0.317 e. The first-order valence-corrected chi connectivity index (χ1v) is 10.0. The van der Waals surface area contributed by atoms with E-state index in [-0.39, 0.29) is 22.6 Å². The van der Waals surface area contributed by atoms with Crippen LogP contribution >= 0.6 is 11.8 Å². The maximum atomic E-state index is 12.8. The topological polar surface area (TPSA) is 52.7 Å². The van der Waals surface area contributed by atoms with E-state index in [9.17, 15) is 9.59 Å². The van der Waals surface area contributed by atoms with Gasteiger partial charge in [-0.3, -0.25) is 4.79 Å². The molecule has 3 amide bonds. The number of carbonyl (C=O) groups is 2. The molecular weight excluding hydrogens is 334 g/mol. The summed E-state index contributed by atoms with van der Waals surface area (Å²) in [5.41, 5.74) is 2.37. The second-order valence-electron chi connectivity index (χ2n) is 6.24. The molecule has 2 atom stereocenters. The summed E-state index contributed by atoms with van der Waals surface area (Å²) >= 11 is 1.72. The van der Waals surface area contributed by atoms with Crippen LogP contribution in [0.4, 0.5) is 4.79 Å². The average Bonchev–Trinajstić information content (AvgIpc) is 2.92. The second-order valence-corrected chi connectivity index (χ2v) is 7.53. The van der Waals surface area contributed by atoms with E-state index in [4.69, 9.17) is 0 Å². The number of carbonyl (C=O) groups excluding carboxylic acids is 2. The van der Waals surface area contributed by atoms with Crippen LogP contribution in [0.15, 0.2) is 24.3 Å². The summed E-state index contributed by atoms with van der Waals surface area (Å²) < 4.78 is 0. The van der Waals surface area contributed by atoms with Gasteiger partial charge in [0.25, 0.3) is 0 Å². The molecule has 1 aromatic rings. The van der Waals surface area contributed by atoms with Crippen LogP contribution in [0.25, 0.3) is 0 Å². The second kappa shape index (κ2) is 9.13. The Bertz CT molecular complexity index is 591. The molecule has 5 nitrogen and oxygen atoms in total. The van der Waals surface area contributed by atoms with Crippen LogP contribution in [0.2, 0.25) is 0 Å². The molecule has 0 bridgehead atoms. The van der Waals surface area contributed by atoms with E-state index >= 15 is 0 Å². The fourth-order valence-corrected chi connectivity index (χ4v) is 4.40. The van der Waals surface area contributed by atoms with Crippen molar-refractivity contribution in [2.45, 2.75) is 44.7 Å². The number of rotatable bonds is 7. The lowest BCUT2D eigenvalue weighted by molar-refractivity contribution is -0.130. The van der Waals surface area contributed by atoms with Gasteiger partial charge < -0.3 is 15.1 Å². The number of amides is 3. The zero-order valence-corrected chi connectivity index (χ0v) is 16.4. The molecular formula is C19H29N3O2S. The highest BCUT2D eigenvalue weighted by molar-refractivity contribution is 8.01. The molecule has 1 aliphatic heterocycles. The van der Waals surface area contributed by atoms with E-state index in [0.29, 0.717) is 26.2 Å². The molecule has 1 saturated heterocycles. The van der Waals surface area contributed by atoms with Gasteiger partial charge in [-0.25, -0.2) is 4.79 Å². The summed E-state index contributed by atoms with van der Waals surface area (Å²) in [5, 5.41) is 2.87. The highest BCUT2D eigenvalue weighted by atomic mass is 32.2. The van der Waals surface area contributed by atoms with Crippen LogP contribution in [-0.4, -0.2) is 53.2 Å². The quantitative estimate of drug-likeness (QED) is 0.808. The molecule has 1 heterocycles. The third-order valence-corrected chi connectivity index (χ3v) is 6.12. The fourth-order valence-electron chi connectivity index (χ4n) is 2.97. The molecule has 1 fully saturated rings. The highest BCUT2D eigenvalue weighted by Crippen LogP contribution is 2.43. The molecule has 1 N–H and O–H groups in total. The minimum absolute atomic E-state index is 0.00541. The van der Waals surface area contributed by atoms with Gasteiger partial charge in [0.15, 0.2) is 0 Å². The van der Waals surface area contributed by atoms with E-state index in [1.807, 2.05) is 18.7 Å². The Kier molecular flexibility index (Phi) is 7.17. The number of thioether (sulfide) groups is 1. The van der Waals surface area contributed by atoms with Crippen molar-refractivity contribution in [1.82, 2.24) is 15.1 Å². The van der Waals surface area contributed by atoms with Crippen molar-refractivity contribution in [1.29, 1.82) is 0 Å². The van der Waals surface area contributed by atoms with Gasteiger partial charge in [0, 0.05) is 26.2 Å². The summed E-state index contributed by atoms with van der Waals surface area (Å²) in [6, 6.07) is 8.32. The normalized spacial score (nSPS) is 20.0. The molecule has 0 spiro atoms. The Morgan fingerprint density at radius 2 is 1.92 bits per heavy atom. The van der Waals surface area contributed by atoms with Crippen molar-refractivity contribution < 1.29 is 9.59 Å². The number of benzene rings is 1. The molecule has 0 aliphatic carbocycles. The van der Waals surface area contributed by atoms with Crippen molar-refractivity contribution in [3.8, 4) is 0 Å². The summed E-state index contributed by atoms with van der Waals surface area (Å²) in [5.74, 6) is 0.185. The average molecular weight is 364 g/mol. The van der Waals surface area contributed by atoms with Crippen molar-refractivity contribution >= 4 is 23.7 Å². The first kappa shape index (κ1) is 19.6. The number of hydrogen-bond donors (Lipinski definition) is 1. The van der Waals surface area contributed by atoms with Crippen LogP contribution in [0.1, 0.15) is 43.7 Å². The van der Waals surface area contributed by atoms with Gasteiger partial charge in [0.1, 0.15) is 5.37 Å². The largest absolute Gasteiger partial charge is 0.338 e. The van der Waals surface area contributed by atoms with Crippen LogP contribution < -0.4 is 5.32 Å². The predicted octanol–water partition coefficient (Wildman–Crippen LogP) is 3.40. The van der Waals surface area contributed by atoms with Crippen LogP contribution in [0.3, 0.4) is 0 Å². The van der Waals surface area contributed by atoms with Crippen molar-refractivity contribution in [3.05, 3.63) is 35.4 Å². The van der Waals surface area contributed by atoms with Crippen molar-refractivity contribution in [3.63, 3.8) is 0 Å². The zero-order valence-electron chi connectivity index (χ0n) is 15.6. The number of likely N-dealkylation sites (N-methyl/N-ethyl adjacent to an activating group) is 1. The lowest BCUT2D eigenvalue weighted by atomic mass is 10.1. The first-order valence-electron chi connectivity index (χ1n) is 9.07. The van der Waals surface area contributed by atoms with E-state index in [2.05, 4.69) is 43.4 Å². The third-order valence-electron chi connectivity index (χ3n) is 4.48.